The Morgan fingerprint density at radius 2 is 1.90 bits per heavy atom. The van der Waals surface area contributed by atoms with Crippen LogP contribution in [0.5, 0.6) is 0 Å². The average Bonchev–Trinajstić information content (AvgIpc) is 3.43. The van der Waals surface area contributed by atoms with Gasteiger partial charge in [0.15, 0.2) is 0 Å². The van der Waals surface area contributed by atoms with Gasteiger partial charge in [0.2, 0.25) is 17.7 Å². The molecule has 31 heavy (non-hydrogen) atoms. The van der Waals surface area contributed by atoms with E-state index in [4.69, 9.17) is 11.6 Å². The number of hydrogen-bond acceptors (Lipinski definition) is 7. The summed E-state index contributed by atoms with van der Waals surface area (Å²) in [4.78, 5) is 51.8. The fourth-order valence-electron chi connectivity index (χ4n) is 3.83. The Kier molecular flexibility index (Phi) is 5.25. The van der Waals surface area contributed by atoms with Crippen LogP contribution in [0.2, 0.25) is 5.02 Å². The maximum atomic E-state index is 12.8. The van der Waals surface area contributed by atoms with Gasteiger partial charge in [0, 0.05) is 26.4 Å². The minimum Gasteiger partial charge on any atom is -0.325 e. The van der Waals surface area contributed by atoms with Gasteiger partial charge < -0.3 is 5.32 Å². The number of thiazole rings is 1. The van der Waals surface area contributed by atoms with Crippen molar-refractivity contribution in [2.24, 2.45) is 5.92 Å². The summed E-state index contributed by atoms with van der Waals surface area (Å²) in [5, 5.41) is 7.57. The van der Waals surface area contributed by atoms with E-state index >= 15 is 0 Å². The summed E-state index contributed by atoms with van der Waals surface area (Å²) in [5.74, 6) is -2.00. The van der Waals surface area contributed by atoms with Crippen LogP contribution in [0.3, 0.4) is 0 Å². The third-order valence-electron chi connectivity index (χ3n) is 5.17. The third-order valence-corrected chi connectivity index (χ3v) is 8.99. The topological polar surface area (TPSA) is 97.3 Å². The largest absolute Gasteiger partial charge is 0.325 e. The van der Waals surface area contributed by atoms with Gasteiger partial charge in [-0.25, -0.2) is 0 Å². The molecule has 1 saturated heterocycles. The van der Waals surface area contributed by atoms with E-state index in [1.165, 1.54) is 27.7 Å². The Morgan fingerprint density at radius 1 is 1.13 bits per heavy atom. The van der Waals surface area contributed by atoms with Crippen molar-refractivity contribution >= 4 is 69.4 Å². The number of thiophene rings is 1. The van der Waals surface area contributed by atoms with Gasteiger partial charge in [0.25, 0.3) is 0 Å². The zero-order chi connectivity index (χ0) is 21.7. The molecule has 0 saturated carbocycles. The van der Waals surface area contributed by atoms with E-state index in [0.29, 0.717) is 15.7 Å². The van der Waals surface area contributed by atoms with Crippen molar-refractivity contribution in [3.63, 3.8) is 0 Å². The molecule has 158 valence electrons. The monoisotopic (exact) mass is 491 g/mol. The van der Waals surface area contributed by atoms with E-state index in [1.54, 1.807) is 24.3 Å². The van der Waals surface area contributed by atoms with E-state index < -0.39 is 11.2 Å². The van der Waals surface area contributed by atoms with E-state index in [9.17, 15) is 19.2 Å². The zero-order valence-electron chi connectivity index (χ0n) is 15.7. The second-order valence-corrected chi connectivity index (χ2v) is 10.6. The van der Waals surface area contributed by atoms with Crippen LogP contribution >= 0.6 is 46.0 Å². The fourth-order valence-corrected chi connectivity index (χ4v) is 7.64. The summed E-state index contributed by atoms with van der Waals surface area (Å²) in [7, 11) is 0. The first-order chi connectivity index (χ1) is 14.9. The molecule has 2 aliphatic heterocycles. The standard InChI is InChI=1S/C20H14ClN3O4S3/c21-9-3-5-10(6-4-9)22-12(25)8-24-19-16(31-20(24)28)13(11-2-1-7-29-11)14-15(30-19)18(27)23-17(14)26/h1-7,13-15H,8H2,(H,22,25)(H,23,26,27). The van der Waals surface area contributed by atoms with Crippen LogP contribution in [-0.4, -0.2) is 27.5 Å². The first-order valence-electron chi connectivity index (χ1n) is 9.26. The Labute approximate surface area is 193 Å². The van der Waals surface area contributed by atoms with Gasteiger partial charge in [0.05, 0.1) is 10.9 Å². The number of fused-ring (bicyclic) bond motifs is 2. The molecule has 3 atom stereocenters. The predicted molar refractivity (Wildman–Crippen MR) is 121 cm³/mol. The summed E-state index contributed by atoms with van der Waals surface area (Å²) in [6, 6.07) is 10.5. The number of carbonyl (C=O) groups is 3. The minimum absolute atomic E-state index is 0.190. The van der Waals surface area contributed by atoms with Crippen LogP contribution < -0.4 is 15.5 Å². The number of carbonyl (C=O) groups excluding carboxylic acids is 3. The average molecular weight is 492 g/mol. The van der Waals surface area contributed by atoms with Gasteiger partial charge in [-0.1, -0.05) is 40.8 Å². The molecule has 0 aliphatic carbocycles. The van der Waals surface area contributed by atoms with Gasteiger partial charge in [0.1, 0.15) is 11.8 Å². The molecular weight excluding hydrogens is 478 g/mol. The highest BCUT2D eigenvalue weighted by Crippen LogP contribution is 2.52. The number of nitrogens with one attached hydrogen (secondary N) is 2. The Balaban J connectivity index is 1.50. The molecule has 7 nitrogen and oxygen atoms in total. The molecule has 5 rings (SSSR count). The molecule has 3 unspecified atom stereocenters. The van der Waals surface area contributed by atoms with E-state index in [1.807, 2.05) is 17.5 Å². The normalized spacial score (nSPS) is 22.0. The number of thioether (sulfide) groups is 1. The second-order valence-electron chi connectivity index (χ2n) is 7.09. The molecule has 3 amide bonds. The summed E-state index contributed by atoms with van der Waals surface area (Å²) >= 11 is 9.57. The molecule has 0 bridgehead atoms. The Hall–Kier alpha value is -2.40. The predicted octanol–water partition coefficient (Wildman–Crippen LogP) is 3.14. The number of hydrogen-bond donors (Lipinski definition) is 2. The second kappa shape index (κ2) is 7.94. The summed E-state index contributed by atoms with van der Waals surface area (Å²) in [6.45, 7) is -0.190. The summed E-state index contributed by atoms with van der Waals surface area (Å²) in [6.07, 6.45) is 0. The molecule has 1 aromatic carbocycles. The molecule has 11 heteroatoms. The van der Waals surface area contributed by atoms with E-state index in [0.717, 1.165) is 21.1 Å². The van der Waals surface area contributed by atoms with Gasteiger partial charge in [-0.15, -0.1) is 11.3 Å². The number of rotatable bonds is 4. The number of aromatic nitrogens is 1. The van der Waals surface area contributed by atoms with Gasteiger partial charge in [-0.05, 0) is 35.7 Å². The zero-order valence-corrected chi connectivity index (χ0v) is 18.9. The molecule has 2 aromatic heterocycles. The lowest BCUT2D eigenvalue weighted by Gasteiger charge is -2.29. The molecular formula is C20H14ClN3O4S3. The van der Waals surface area contributed by atoms with Crippen molar-refractivity contribution in [2.45, 2.75) is 22.7 Å². The van der Waals surface area contributed by atoms with Gasteiger partial charge in [-0.3, -0.25) is 29.1 Å². The molecule has 2 N–H and O–H groups in total. The number of nitrogens with zero attached hydrogens (tertiary/aromatic N) is 1. The summed E-state index contributed by atoms with van der Waals surface area (Å²) < 4.78 is 1.39. The number of halogens is 1. The van der Waals surface area contributed by atoms with Crippen LogP contribution in [0.15, 0.2) is 51.6 Å². The fraction of sp³-hybridized carbons (Fsp3) is 0.200. The lowest BCUT2D eigenvalue weighted by Crippen LogP contribution is -2.32. The van der Waals surface area contributed by atoms with Crippen LogP contribution in [0, 0.1) is 5.92 Å². The number of amides is 3. The minimum atomic E-state index is -0.633. The van der Waals surface area contributed by atoms with Gasteiger partial charge >= 0.3 is 4.87 Å². The summed E-state index contributed by atoms with van der Waals surface area (Å²) in [5.41, 5.74) is 0.566. The van der Waals surface area contributed by atoms with Crippen molar-refractivity contribution in [1.82, 2.24) is 9.88 Å². The molecule has 1 fully saturated rings. The maximum Gasteiger partial charge on any atom is 0.308 e. The van der Waals surface area contributed by atoms with Crippen molar-refractivity contribution in [3.8, 4) is 0 Å². The Morgan fingerprint density at radius 3 is 2.61 bits per heavy atom. The van der Waals surface area contributed by atoms with Crippen molar-refractivity contribution in [3.05, 3.63) is 66.2 Å². The highest BCUT2D eigenvalue weighted by atomic mass is 35.5. The highest BCUT2D eigenvalue weighted by molar-refractivity contribution is 8.00. The Bertz CT molecular complexity index is 1250. The molecule has 0 radical (unpaired) electrons. The lowest BCUT2D eigenvalue weighted by atomic mass is 9.87. The third kappa shape index (κ3) is 3.63. The van der Waals surface area contributed by atoms with Crippen LogP contribution in [0.25, 0.3) is 0 Å². The van der Waals surface area contributed by atoms with Crippen LogP contribution in [0.1, 0.15) is 15.7 Å². The molecule has 4 heterocycles. The van der Waals surface area contributed by atoms with Crippen molar-refractivity contribution < 1.29 is 14.4 Å². The molecule has 3 aromatic rings. The first-order valence-corrected chi connectivity index (χ1v) is 12.2. The van der Waals surface area contributed by atoms with Crippen molar-refractivity contribution in [1.29, 1.82) is 0 Å². The molecule has 0 spiro atoms. The lowest BCUT2D eigenvalue weighted by molar-refractivity contribution is -0.126. The van der Waals surface area contributed by atoms with E-state index in [-0.39, 0.29) is 35.1 Å². The SMILES string of the molecule is O=C(Cn1c2c(sc1=O)C(c1cccs1)C1C(=O)NC(=O)C1S2)Nc1ccc(Cl)cc1. The van der Waals surface area contributed by atoms with E-state index in [2.05, 4.69) is 10.6 Å². The first kappa shape index (κ1) is 20.5. The number of imide groups is 1. The van der Waals surface area contributed by atoms with Crippen LogP contribution in [-0.2, 0) is 20.9 Å². The molecule has 2 aliphatic rings. The van der Waals surface area contributed by atoms with Gasteiger partial charge in [-0.2, -0.15) is 0 Å². The smallest absolute Gasteiger partial charge is 0.308 e. The van der Waals surface area contributed by atoms with Crippen molar-refractivity contribution in [2.75, 3.05) is 5.32 Å². The maximum absolute atomic E-state index is 12.8. The number of benzene rings is 1. The van der Waals surface area contributed by atoms with Crippen LogP contribution in [0.4, 0.5) is 5.69 Å². The highest BCUT2D eigenvalue weighted by Gasteiger charge is 2.53. The number of anilines is 1. The quantitative estimate of drug-likeness (QED) is 0.546.